The first-order valence-corrected chi connectivity index (χ1v) is 4.86. The van der Waals surface area contributed by atoms with E-state index >= 15 is 0 Å². The molecule has 0 amide bonds. The summed E-state index contributed by atoms with van der Waals surface area (Å²) in [6.07, 6.45) is 0. The minimum absolute atomic E-state index is 0. The normalized spacial score (nSPS) is 9.12. The van der Waals surface area contributed by atoms with E-state index in [9.17, 15) is 0 Å². The lowest BCUT2D eigenvalue weighted by Crippen LogP contribution is -1.90. The number of nitrogens with zero attached hydrogens (tertiary/aromatic N) is 1. The van der Waals surface area contributed by atoms with Gasteiger partial charge in [-0.2, -0.15) is 5.26 Å². The first-order chi connectivity index (χ1) is 7.70. The molecule has 0 atom stereocenters. The molecule has 0 radical (unpaired) electrons. The maximum atomic E-state index is 8.88. The predicted octanol–water partition coefficient (Wildman–Crippen LogP) is 2.81. The van der Waals surface area contributed by atoms with Gasteiger partial charge in [-0.3, -0.25) is 0 Å². The number of hydrogen-bond donors (Lipinski definition) is 2. The summed E-state index contributed by atoms with van der Waals surface area (Å²) in [5, 5.41) is 8.88. The zero-order chi connectivity index (χ0) is 11.5. The van der Waals surface area contributed by atoms with E-state index in [4.69, 9.17) is 16.7 Å². The van der Waals surface area contributed by atoms with Crippen molar-refractivity contribution in [1.82, 2.24) is 0 Å². The third kappa shape index (κ3) is 2.68. The average Bonchev–Trinajstić information content (AvgIpc) is 2.31. The van der Waals surface area contributed by atoms with Crippen molar-refractivity contribution in [3.63, 3.8) is 0 Å². The summed E-state index contributed by atoms with van der Waals surface area (Å²) in [5.74, 6) is 0. The fourth-order valence-corrected chi connectivity index (χ4v) is 1.51. The zero-order valence-electron chi connectivity index (χ0n) is 9.05. The molecule has 17 heavy (non-hydrogen) atoms. The van der Waals surface area contributed by atoms with Gasteiger partial charge in [0.1, 0.15) is 6.07 Å². The van der Waals surface area contributed by atoms with Gasteiger partial charge in [0.05, 0.1) is 5.56 Å². The molecule has 0 fully saturated rings. The van der Waals surface area contributed by atoms with Crippen molar-refractivity contribution in [2.24, 2.45) is 0 Å². The molecule has 0 aliphatic carbocycles. The number of anilines is 2. The van der Waals surface area contributed by atoms with Crippen LogP contribution in [0.3, 0.4) is 0 Å². The number of nitrogen functional groups attached to an aromatic ring is 2. The number of benzene rings is 2. The molecule has 0 saturated carbocycles. The molecule has 0 aliphatic heterocycles. The summed E-state index contributed by atoms with van der Waals surface area (Å²) in [4.78, 5) is 0. The van der Waals surface area contributed by atoms with E-state index in [1.807, 2.05) is 30.3 Å². The number of halogens is 1. The molecular formula is C13H12ClN3. The van der Waals surface area contributed by atoms with E-state index in [1.54, 1.807) is 12.1 Å². The first kappa shape index (κ1) is 12.9. The predicted molar refractivity (Wildman–Crippen MR) is 72.7 cm³/mol. The Balaban J connectivity index is 0.00000144. The van der Waals surface area contributed by atoms with Gasteiger partial charge in [-0.05, 0) is 35.4 Å². The van der Waals surface area contributed by atoms with Crippen LogP contribution in [-0.2, 0) is 0 Å². The topological polar surface area (TPSA) is 75.8 Å². The molecule has 0 aromatic heterocycles. The van der Waals surface area contributed by atoms with Crippen molar-refractivity contribution in [3.8, 4) is 17.2 Å². The second-order valence-corrected chi connectivity index (χ2v) is 3.54. The van der Waals surface area contributed by atoms with Crippen molar-refractivity contribution >= 4 is 23.8 Å². The Morgan fingerprint density at radius 3 is 2.06 bits per heavy atom. The van der Waals surface area contributed by atoms with E-state index in [2.05, 4.69) is 6.07 Å². The molecule has 2 aromatic carbocycles. The molecule has 86 valence electrons. The Morgan fingerprint density at radius 1 is 0.882 bits per heavy atom. The number of nitriles is 1. The monoisotopic (exact) mass is 245 g/mol. The van der Waals surface area contributed by atoms with Gasteiger partial charge in [-0.15, -0.1) is 12.4 Å². The van der Waals surface area contributed by atoms with Gasteiger partial charge >= 0.3 is 0 Å². The average molecular weight is 246 g/mol. The Kier molecular flexibility index (Phi) is 3.97. The summed E-state index contributed by atoms with van der Waals surface area (Å²) in [6, 6.07) is 15.0. The van der Waals surface area contributed by atoms with Crippen LogP contribution >= 0.6 is 12.4 Å². The second kappa shape index (κ2) is 5.24. The second-order valence-electron chi connectivity index (χ2n) is 3.54. The maximum Gasteiger partial charge on any atom is 0.101 e. The molecule has 3 nitrogen and oxygen atoms in total. The lowest BCUT2D eigenvalue weighted by Gasteiger charge is -2.04. The van der Waals surface area contributed by atoms with E-state index < -0.39 is 0 Å². The molecule has 0 saturated heterocycles. The van der Waals surface area contributed by atoms with Crippen LogP contribution in [0, 0.1) is 11.3 Å². The quantitative estimate of drug-likeness (QED) is 0.759. The van der Waals surface area contributed by atoms with Crippen molar-refractivity contribution in [2.75, 3.05) is 11.5 Å². The summed E-state index contributed by atoms with van der Waals surface area (Å²) in [6.45, 7) is 0. The molecule has 2 rings (SSSR count). The van der Waals surface area contributed by atoms with E-state index in [1.165, 1.54) is 0 Å². The van der Waals surface area contributed by atoms with Crippen LogP contribution in [-0.4, -0.2) is 0 Å². The smallest absolute Gasteiger partial charge is 0.101 e. The summed E-state index contributed by atoms with van der Waals surface area (Å²) in [7, 11) is 0. The van der Waals surface area contributed by atoms with Crippen molar-refractivity contribution in [1.29, 1.82) is 5.26 Å². The van der Waals surface area contributed by atoms with E-state index in [-0.39, 0.29) is 12.4 Å². The fourth-order valence-electron chi connectivity index (χ4n) is 1.51. The van der Waals surface area contributed by atoms with Crippen LogP contribution in [0.15, 0.2) is 42.5 Å². The first-order valence-electron chi connectivity index (χ1n) is 4.86. The van der Waals surface area contributed by atoms with Crippen LogP contribution in [0.4, 0.5) is 11.4 Å². The molecule has 0 bridgehead atoms. The van der Waals surface area contributed by atoms with Crippen LogP contribution in [0.5, 0.6) is 0 Å². The standard InChI is InChI=1S/C13H11N3.ClH/c14-8-11-7-10(3-6-13(11)16)9-1-4-12(15)5-2-9;/h1-7H,15-16H2;1H. The zero-order valence-corrected chi connectivity index (χ0v) is 9.87. The molecule has 2 aromatic rings. The Labute approximate surface area is 106 Å². The highest BCUT2D eigenvalue weighted by Crippen LogP contribution is 2.24. The lowest BCUT2D eigenvalue weighted by molar-refractivity contribution is 1.48. The molecular weight excluding hydrogens is 234 g/mol. The SMILES string of the molecule is Cl.N#Cc1cc(-c2ccc(N)cc2)ccc1N. The Bertz CT molecular complexity index is 556. The largest absolute Gasteiger partial charge is 0.399 e. The number of rotatable bonds is 1. The molecule has 0 heterocycles. The number of hydrogen-bond acceptors (Lipinski definition) is 3. The number of nitrogens with two attached hydrogens (primary N) is 2. The van der Waals surface area contributed by atoms with Gasteiger partial charge in [0.25, 0.3) is 0 Å². The summed E-state index contributed by atoms with van der Waals surface area (Å²) < 4.78 is 0. The van der Waals surface area contributed by atoms with Crippen molar-refractivity contribution in [3.05, 3.63) is 48.0 Å². The maximum absolute atomic E-state index is 8.88. The molecule has 0 spiro atoms. The van der Waals surface area contributed by atoms with Crippen molar-refractivity contribution < 1.29 is 0 Å². The lowest BCUT2D eigenvalue weighted by atomic mass is 10.0. The third-order valence-corrected chi connectivity index (χ3v) is 2.42. The highest BCUT2D eigenvalue weighted by Gasteiger charge is 2.02. The van der Waals surface area contributed by atoms with Crippen LogP contribution in [0.1, 0.15) is 5.56 Å². The van der Waals surface area contributed by atoms with E-state index in [0.29, 0.717) is 11.3 Å². The van der Waals surface area contributed by atoms with Gasteiger partial charge in [0.2, 0.25) is 0 Å². The van der Waals surface area contributed by atoms with Crippen molar-refractivity contribution in [2.45, 2.75) is 0 Å². The minimum Gasteiger partial charge on any atom is -0.399 e. The highest BCUT2D eigenvalue weighted by atomic mass is 35.5. The molecule has 0 aliphatic rings. The Hall–Kier alpha value is -2.18. The minimum atomic E-state index is 0. The van der Waals surface area contributed by atoms with Gasteiger partial charge in [0.15, 0.2) is 0 Å². The van der Waals surface area contributed by atoms with E-state index in [0.717, 1.165) is 16.8 Å². The van der Waals surface area contributed by atoms with Gasteiger partial charge < -0.3 is 11.5 Å². The van der Waals surface area contributed by atoms with Gasteiger partial charge in [-0.1, -0.05) is 18.2 Å². The summed E-state index contributed by atoms with van der Waals surface area (Å²) >= 11 is 0. The van der Waals surface area contributed by atoms with Crippen LogP contribution in [0.2, 0.25) is 0 Å². The van der Waals surface area contributed by atoms with Crippen LogP contribution < -0.4 is 11.5 Å². The van der Waals surface area contributed by atoms with Gasteiger partial charge in [-0.25, -0.2) is 0 Å². The molecule has 4 N–H and O–H groups in total. The molecule has 0 unspecified atom stereocenters. The Morgan fingerprint density at radius 2 is 1.47 bits per heavy atom. The highest BCUT2D eigenvalue weighted by molar-refractivity contribution is 5.85. The summed E-state index contributed by atoms with van der Waals surface area (Å²) in [5.41, 5.74) is 15.0. The third-order valence-electron chi connectivity index (χ3n) is 2.42. The fraction of sp³-hybridized carbons (Fsp3) is 0. The van der Waals surface area contributed by atoms with Gasteiger partial charge in [0, 0.05) is 11.4 Å². The van der Waals surface area contributed by atoms with Crippen LogP contribution in [0.25, 0.3) is 11.1 Å². The molecule has 4 heteroatoms.